The molecule has 0 unspecified atom stereocenters. The van der Waals surface area contributed by atoms with Crippen LogP contribution in [0.15, 0.2) is 42.5 Å². The van der Waals surface area contributed by atoms with E-state index in [0.717, 1.165) is 5.56 Å². The second kappa shape index (κ2) is 9.03. The van der Waals surface area contributed by atoms with Gasteiger partial charge in [-0.05, 0) is 36.9 Å². The summed E-state index contributed by atoms with van der Waals surface area (Å²) in [6, 6.07) is 12.3. The summed E-state index contributed by atoms with van der Waals surface area (Å²) in [5.74, 6) is -0.297. The van der Waals surface area contributed by atoms with Gasteiger partial charge in [-0.1, -0.05) is 41.4 Å². The predicted molar refractivity (Wildman–Crippen MR) is 106 cm³/mol. The molecule has 0 aromatic heterocycles. The van der Waals surface area contributed by atoms with Crippen molar-refractivity contribution in [3.8, 4) is 0 Å². The molecule has 7 heteroatoms. The molecule has 0 heterocycles. The van der Waals surface area contributed by atoms with Gasteiger partial charge in [0.05, 0.1) is 16.6 Å². The Morgan fingerprint density at radius 1 is 1.04 bits per heavy atom. The number of nitrogens with one attached hydrogen (secondary N) is 1. The van der Waals surface area contributed by atoms with Crippen LogP contribution in [0, 0.1) is 0 Å². The molecule has 0 radical (unpaired) electrons. The van der Waals surface area contributed by atoms with E-state index in [2.05, 4.69) is 5.32 Å². The van der Waals surface area contributed by atoms with Gasteiger partial charge >= 0.3 is 0 Å². The number of nitrogens with zero attached hydrogens (tertiary/aromatic N) is 2. The molecule has 0 fully saturated rings. The highest BCUT2D eigenvalue weighted by molar-refractivity contribution is 6.42. The first-order valence-electron chi connectivity index (χ1n) is 8.01. The molecule has 0 saturated carbocycles. The van der Waals surface area contributed by atoms with Crippen molar-refractivity contribution in [3.63, 3.8) is 0 Å². The predicted octanol–water partition coefficient (Wildman–Crippen LogP) is 3.77. The van der Waals surface area contributed by atoms with Crippen molar-refractivity contribution in [3.05, 3.63) is 63.6 Å². The maximum absolute atomic E-state index is 12.3. The van der Waals surface area contributed by atoms with Crippen molar-refractivity contribution < 1.29 is 9.59 Å². The Kier molecular flexibility index (Phi) is 7.03. The third-order valence-electron chi connectivity index (χ3n) is 3.68. The Hall–Kier alpha value is -2.08. The number of amides is 2. The molecule has 138 valence electrons. The third kappa shape index (κ3) is 5.46. The number of benzene rings is 2. The number of rotatable bonds is 6. The largest absolute Gasteiger partial charge is 0.345 e. The molecular formula is C19H21Cl2N3O2. The second-order valence-electron chi connectivity index (χ2n) is 6.21. The van der Waals surface area contributed by atoms with E-state index in [1.165, 1.54) is 4.90 Å². The standard InChI is InChI=1S/C19H21Cl2N3O2/c1-23(2)19(26)13-6-4-8-15(10-13)22-17(25)12-24(3)11-14-7-5-9-16(20)18(14)21/h4-10H,11-12H2,1-3H3,(H,22,25). The van der Waals surface area contributed by atoms with Gasteiger partial charge in [-0.3, -0.25) is 14.5 Å². The van der Waals surface area contributed by atoms with E-state index >= 15 is 0 Å². The Morgan fingerprint density at radius 2 is 1.73 bits per heavy atom. The Bertz CT molecular complexity index is 809. The average molecular weight is 394 g/mol. The lowest BCUT2D eigenvalue weighted by Crippen LogP contribution is -2.30. The van der Waals surface area contributed by atoms with Gasteiger partial charge in [0, 0.05) is 31.9 Å². The van der Waals surface area contributed by atoms with E-state index < -0.39 is 0 Å². The van der Waals surface area contributed by atoms with Crippen molar-refractivity contribution >= 4 is 40.7 Å². The minimum absolute atomic E-state index is 0.117. The number of hydrogen-bond acceptors (Lipinski definition) is 3. The average Bonchev–Trinajstić information content (AvgIpc) is 2.58. The number of carbonyl (C=O) groups excluding carboxylic acids is 2. The molecule has 2 aromatic carbocycles. The van der Waals surface area contributed by atoms with Crippen LogP contribution in [0.1, 0.15) is 15.9 Å². The van der Waals surface area contributed by atoms with E-state index in [4.69, 9.17) is 23.2 Å². The first-order chi connectivity index (χ1) is 12.3. The van der Waals surface area contributed by atoms with Crippen molar-refractivity contribution in [2.75, 3.05) is 33.0 Å². The fourth-order valence-electron chi connectivity index (χ4n) is 2.45. The first kappa shape index (κ1) is 20.2. The van der Waals surface area contributed by atoms with Gasteiger partial charge < -0.3 is 10.2 Å². The van der Waals surface area contributed by atoms with Crippen LogP contribution in [0.4, 0.5) is 5.69 Å². The maximum Gasteiger partial charge on any atom is 0.253 e. The highest BCUT2D eigenvalue weighted by atomic mass is 35.5. The number of hydrogen-bond donors (Lipinski definition) is 1. The molecule has 0 atom stereocenters. The molecule has 5 nitrogen and oxygen atoms in total. The fourth-order valence-corrected chi connectivity index (χ4v) is 2.83. The van der Waals surface area contributed by atoms with Gasteiger partial charge in [0.1, 0.15) is 0 Å². The SMILES string of the molecule is CN(CC(=O)Nc1cccc(C(=O)N(C)C)c1)Cc1cccc(Cl)c1Cl. The molecule has 0 aliphatic heterocycles. The summed E-state index contributed by atoms with van der Waals surface area (Å²) in [5, 5.41) is 3.80. The normalized spacial score (nSPS) is 10.7. The number of halogens is 2. The smallest absolute Gasteiger partial charge is 0.253 e. The van der Waals surface area contributed by atoms with Crippen molar-refractivity contribution in [1.29, 1.82) is 0 Å². The summed E-state index contributed by atoms with van der Waals surface area (Å²) in [6.07, 6.45) is 0. The van der Waals surface area contributed by atoms with E-state index in [9.17, 15) is 9.59 Å². The van der Waals surface area contributed by atoms with Gasteiger partial charge in [-0.25, -0.2) is 0 Å². The van der Waals surface area contributed by atoms with E-state index in [0.29, 0.717) is 27.8 Å². The van der Waals surface area contributed by atoms with Gasteiger partial charge in [0.25, 0.3) is 5.91 Å². The molecule has 26 heavy (non-hydrogen) atoms. The van der Waals surface area contributed by atoms with Gasteiger partial charge in [0.2, 0.25) is 5.91 Å². The lowest BCUT2D eigenvalue weighted by molar-refractivity contribution is -0.117. The summed E-state index contributed by atoms with van der Waals surface area (Å²) < 4.78 is 0. The lowest BCUT2D eigenvalue weighted by atomic mass is 10.2. The molecule has 2 rings (SSSR count). The number of anilines is 1. The Morgan fingerprint density at radius 3 is 2.42 bits per heavy atom. The van der Waals surface area contributed by atoms with Crippen LogP contribution in [0.3, 0.4) is 0 Å². The van der Waals surface area contributed by atoms with Crippen molar-refractivity contribution in [2.45, 2.75) is 6.54 Å². The van der Waals surface area contributed by atoms with E-state index in [1.54, 1.807) is 44.4 Å². The lowest BCUT2D eigenvalue weighted by Gasteiger charge is -2.18. The quantitative estimate of drug-likeness (QED) is 0.812. The number of likely N-dealkylation sites (N-methyl/N-ethyl adjacent to an activating group) is 1. The molecule has 2 amide bonds. The van der Waals surface area contributed by atoms with Crippen LogP contribution in [0.25, 0.3) is 0 Å². The van der Waals surface area contributed by atoms with Crippen LogP contribution in [-0.2, 0) is 11.3 Å². The monoisotopic (exact) mass is 393 g/mol. The minimum atomic E-state index is -0.180. The third-order valence-corrected chi connectivity index (χ3v) is 4.54. The zero-order valence-corrected chi connectivity index (χ0v) is 16.4. The Labute approximate surface area is 163 Å². The zero-order chi connectivity index (χ0) is 19.3. The molecule has 2 aromatic rings. The second-order valence-corrected chi connectivity index (χ2v) is 7.00. The maximum atomic E-state index is 12.3. The van der Waals surface area contributed by atoms with Gasteiger partial charge in [0.15, 0.2) is 0 Å². The molecule has 1 N–H and O–H groups in total. The van der Waals surface area contributed by atoms with Crippen LogP contribution in [0.5, 0.6) is 0 Å². The summed E-state index contributed by atoms with van der Waals surface area (Å²) in [4.78, 5) is 27.6. The van der Waals surface area contributed by atoms with Crippen LogP contribution < -0.4 is 5.32 Å². The molecule has 0 aliphatic rings. The zero-order valence-electron chi connectivity index (χ0n) is 14.9. The van der Waals surface area contributed by atoms with E-state index in [-0.39, 0.29) is 18.4 Å². The van der Waals surface area contributed by atoms with Crippen molar-refractivity contribution in [2.24, 2.45) is 0 Å². The van der Waals surface area contributed by atoms with E-state index in [1.807, 2.05) is 24.1 Å². The van der Waals surface area contributed by atoms with Crippen LogP contribution in [0.2, 0.25) is 10.0 Å². The topological polar surface area (TPSA) is 52.7 Å². The fraction of sp³-hybridized carbons (Fsp3) is 0.263. The van der Waals surface area contributed by atoms with Crippen LogP contribution in [-0.4, -0.2) is 49.3 Å². The first-order valence-corrected chi connectivity index (χ1v) is 8.76. The summed E-state index contributed by atoms with van der Waals surface area (Å²) in [5.41, 5.74) is 1.96. The molecule has 0 bridgehead atoms. The highest BCUT2D eigenvalue weighted by Crippen LogP contribution is 2.26. The van der Waals surface area contributed by atoms with Crippen molar-refractivity contribution in [1.82, 2.24) is 9.80 Å². The van der Waals surface area contributed by atoms with Gasteiger partial charge in [-0.15, -0.1) is 0 Å². The van der Waals surface area contributed by atoms with Gasteiger partial charge in [-0.2, -0.15) is 0 Å². The molecule has 0 saturated heterocycles. The number of carbonyl (C=O) groups is 2. The highest BCUT2D eigenvalue weighted by Gasteiger charge is 2.12. The molecule has 0 spiro atoms. The Balaban J connectivity index is 1.97. The summed E-state index contributed by atoms with van der Waals surface area (Å²) in [6.45, 7) is 0.667. The summed E-state index contributed by atoms with van der Waals surface area (Å²) in [7, 11) is 5.19. The summed E-state index contributed by atoms with van der Waals surface area (Å²) >= 11 is 12.2. The van der Waals surface area contributed by atoms with Crippen LogP contribution >= 0.6 is 23.2 Å². The molecule has 0 aliphatic carbocycles. The minimum Gasteiger partial charge on any atom is -0.345 e. The molecular weight excluding hydrogens is 373 g/mol.